The van der Waals surface area contributed by atoms with Gasteiger partial charge in [-0.2, -0.15) is 5.10 Å². The predicted molar refractivity (Wildman–Crippen MR) is 84.9 cm³/mol. The van der Waals surface area contributed by atoms with Gasteiger partial charge in [-0.05, 0) is 25.0 Å². The van der Waals surface area contributed by atoms with Crippen molar-refractivity contribution in [1.82, 2.24) is 19.7 Å². The van der Waals surface area contributed by atoms with Crippen LogP contribution in [0.15, 0.2) is 30.6 Å². The number of carbonyl (C=O) groups is 1. The molecule has 6 heteroatoms. The van der Waals surface area contributed by atoms with E-state index < -0.39 is 0 Å². The van der Waals surface area contributed by atoms with Gasteiger partial charge in [0.1, 0.15) is 5.82 Å². The molecule has 0 saturated carbocycles. The first-order chi connectivity index (χ1) is 10.7. The van der Waals surface area contributed by atoms with Crippen molar-refractivity contribution >= 4 is 11.7 Å². The standard InChI is InChI=1S/C16H21N5O/c1-17-15-7-3-6-14(19-15)12-5-4-8-21(11-12)16(22)13-9-18-20(2)10-13/h3,6-7,9-10,12H,4-5,8,11H2,1-2H3,(H,17,19)/t12-/m1/s1. The zero-order chi connectivity index (χ0) is 15.5. The molecule has 1 amide bonds. The van der Waals surface area contributed by atoms with Crippen LogP contribution in [-0.4, -0.2) is 45.7 Å². The second-order valence-electron chi connectivity index (χ2n) is 5.69. The van der Waals surface area contributed by atoms with Crippen LogP contribution >= 0.6 is 0 Å². The average molecular weight is 299 g/mol. The van der Waals surface area contributed by atoms with Gasteiger partial charge in [0.2, 0.25) is 0 Å². The van der Waals surface area contributed by atoms with Crippen molar-refractivity contribution < 1.29 is 4.79 Å². The highest BCUT2D eigenvalue weighted by atomic mass is 16.2. The molecule has 1 fully saturated rings. The highest BCUT2D eigenvalue weighted by molar-refractivity contribution is 5.93. The van der Waals surface area contributed by atoms with E-state index in [1.807, 2.05) is 37.2 Å². The van der Waals surface area contributed by atoms with Gasteiger partial charge < -0.3 is 10.2 Å². The quantitative estimate of drug-likeness (QED) is 0.940. The summed E-state index contributed by atoms with van der Waals surface area (Å²) >= 11 is 0. The van der Waals surface area contributed by atoms with Crippen molar-refractivity contribution in [3.05, 3.63) is 41.9 Å². The summed E-state index contributed by atoms with van der Waals surface area (Å²) in [5.74, 6) is 1.22. The first-order valence-corrected chi connectivity index (χ1v) is 7.60. The summed E-state index contributed by atoms with van der Waals surface area (Å²) in [7, 11) is 3.69. The smallest absolute Gasteiger partial charge is 0.257 e. The highest BCUT2D eigenvalue weighted by Crippen LogP contribution is 2.27. The Labute approximate surface area is 130 Å². The first-order valence-electron chi connectivity index (χ1n) is 7.60. The number of aromatic nitrogens is 3. The van der Waals surface area contributed by atoms with Crippen LogP contribution in [0.2, 0.25) is 0 Å². The number of nitrogens with zero attached hydrogens (tertiary/aromatic N) is 4. The predicted octanol–water partition coefficient (Wildman–Crippen LogP) is 1.88. The number of aryl methyl sites for hydroxylation is 1. The van der Waals surface area contributed by atoms with Gasteiger partial charge in [-0.25, -0.2) is 4.98 Å². The molecule has 116 valence electrons. The van der Waals surface area contributed by atoms with E-state index in [1.165, 1.54) is 0 Å². The number of pyridine rings is 1. The Morgan fingerprint density at radius 1 is 1.41 bits per heavy atom. The molecule has 3 rings (SSSR count). The van der Waals surface area contributed by atoms with Crippen molar-refractivity contribution in [3.8, 4) is 0 Å². The molecular weight excluding hydrogens is 278 g/mol. The molecule has 0 spiro atoms. The van der Waals surface area contributed by atoms with E-state index in [4.69, 9.17) is 0 Å². The molecule has 0 unspecified atom stereocenters. The Hall–Kier alpha value is -2.37. The number of nitrogens with one attached hydrogen (secondary N) is 1. The number of anilines is 1. The molecule has 0 aliphatic carbocycles. The Morgan fingerprint density at radius 2 is 2.27 bits per heavy atom. The van der Waals surface area contributed by atoms with E-state index in [2.05, 4.69) is 15.4 Å². The van der Waals surface area contributed by atoms with Crippen molar-refractivity contribution in [2.45, 2.75) is 18.8 Å². The molecule has 3 heterocycles. The fraction of sp³-hybridized carbons (Fsp3) is 0.438. The number of likely N-dealkylation sites (tertiary alicyclic amines) is 1. The molecule has 1 saturated heterocycles. The molecule has 0 bridgehead atoms. The monoisotopic (exact) mass is 299 g/mol. The summed E-state index contributed by atoms with van der Waals surface area (Å²) in [5.41, 5.74) is 1.70. The van der Waals surface area contributed by atoms with Crippen LogP contribution in [0.25, 0.3) is 0 Å². The third kappa shape index (κ3) is 2.95. The lowest BCUT2D eigenvalue weighted by Gasteiger charge is -2.32. The summed E-state index contributed by atoms with van der Waals surface area (Å²) in [4.78, 5) is 19.1. The average Bonchev–Trinajstić information content (AvgIpc) is 3.01. The summed E-state index contributed by atoms with van der Waals surface area (Å²) in [6.07, 6.45) is 5.47. The zero-order valence-electron chi connectivity index (χ0n) is 13.0. The topological polar surface area (TPSA) is 63.1 Å². The van der Waals surface area contributed by atoms with E-state index in [0.29, 0.717) is 18.0 Å². The number of rotatable bonds is 3. The second-order valence-corrected chi connectivity index (χ2v) is 5.69. The molecule has 1 aliphatic rings. The van der Waals surface area contributed by atoms with Crippen LogP contribution in [0.4, 0.5) is 5.82 Å². The summed E-state index contributed by atoms with van der Waals surface area (Å²) in [5, 5.41) is 7.15. The maximum Gasteiger partial charge on any atom is 0.257 e. The molecule has 2 aromatic rings. The molecule has 1 aliphatic heterocycles. The minimum Gasteiger partial charge on any atom is -0.373 e. The van der Waals surface area contributed by atoms with Crippen LogP contribution < -0.4 is 5.32 Å². The largest absolute Gasteiger partial charge is 0.373 e. The maximum atomic E-state index is 12.6. The molecule has 0 aromatic carbocycles. The maximum absolute atomic E-state index is 12.6. The Balaban J connectivity index is 1.75. The molecule has 0 radical (unpaired) electrons. The minimum absolute atomic E-state index is 0.0579. The van der Waals surface area contributed by atoms with E-state index in [-0.39, 0.29) is 5.91 Å². The van der Waals surface area contributed by atoms with E-state index in [1.54, 1.807) is 17.1 Å². The fourth-order valence-corrected chi connectivity index (χ4v) is 2.94. The lowest BCUT2D eigenvalue weighted by atomic mass is 9.94. The van der Waals surface area contributed by atoms with Crippen molar-refractivity contribution in [2.75, 3.05) is 25.5 Å². The third-order valence-corrected chi connectivity index (χ3v) is 4.11. The van der Waals surface area contributed by atoms with E-state index in [9.17, 15) is 4.79 Å². The molecular formula is C16H21N5O. The van der Waals surface area contributed by atoms with Crippen molar-refractivity contribution in [2.24, 2.45) is 7.05 Å². The van der Waals surface area contributed by atoms with Crippen molar-refractivity contribution in [3.63, 3.8) is 0 Å². The number of piperidine rings is 1. The van der Waals surface area contributed by atoms with Gasteiger partial charge in [0, 0.05) is 45.0 Å². The van der Waals surface area contributed by atoms with Gasteiger partial charge in [0.05, 0.1) is 11.8 Å². The number of carbonyl (C=O) groups excluding carboxylic acids is 1. The molecule has 1 N–H and O–H groups in total. The van der Waals surface area contributed by atoms with Crippen LogP contribution in [0.1, 0.15) is 34.8 Å². The Morgan fingerprint density at radius 3 is 3.00 bits per heavy atom. The lowest BCUT2D eigenvalue weighted by Crippen LogP contribution is -2.39. The Bertz CT molecular complexity index is 666. The van der Waals surface area contributed by atoms with Gasteiger partial charge in [-0.15, -0.1) is 0 Å². The van der Waals surface area contributed by atoms with Crippen LogP contribution in [-0.2, 0) is 7.05 Å². The Kier molecular flexibility index (Phi) is 4.09. The van der Waals surface area contributed by atoms with Gasteiger partial charge in [0.15, 0.2) is 0 Å². The lowest BCUT2D eigenvalue weighted by molar-refractivity contribution is 0.0706. The SMILES string of the molecule is CNc1cccc([C@@H]2CCCN(C(=O)c3cnn(C)c3)C2)n1. The zero-order valence-corrected chi connectivity index (χ0v) is 13.0. The van der Waals surface area contributed by atoms with Gasteiger partial charge in [-0.3, -0.25) is 9.48 Å². The van der Waals surface area contributed by atoms with E-state index >= 15 is 0 Å². The van der Waals surface area contributed by atoms with Gasteiger partial charge in [-0.1, -0.05) is 6.07 Å². The number of amides is 1. The molecule has 2 aromatic heterocycles. The second kappa shape index (κ2) is 6.17. The fourth-order valence-electron chi connectivity index (χ4n) is 2.94. The summed E-state index contributed by atoms with van der Waals surface area (Å²) in [6.45, 7) is 1.52. The number of hydrogen-bond acceptors (Lipinski definition) is 4. The van der Waals surface area contributed by atoms with Crippen LogP contribution in [0.5, 0.6) is 0 Å². The number of hydrogen-bond donors (Lipinski definition) is 1. The summed E-state index contributed by atoms with van der Waals surface area (Å²) in [6, 6.07) is 6.00. The van der Waals surface area contributed by atoms with E-state index in [0.717, 1.165) is 30.9 Å². The molecule has 6 nitrogen and oxygen atoms in total. The molecule has 1 atom stereocenters. The van der Waals surface area contributed by atoms with Crippen LogP contribution in [0.3, 0.4) is 0 Å². The molecule has 22 heavy (non-hydrogen) atoms. The minimum atomic E-state index is 0.0579. The van der Waals surface area contributed by atoms with Crippen molar-refractivity contribution in [1.29, 1.82) is 0 Å². The van der Waals surface area contributed by atoms with Gasteiger partial charge >= 0.3 is 0 Å². The normalized spacial score (nSPS) is 18.3. The first kappa shape index (κ1) is 14.6. The van der Waals surface area contributed by atoms with Gasteiger partial charge in [0.25, 0.3) is 5.91 Å². The van der Waals surface area contributed by atoms with Crippen LogP contribution in [0, 0.1) is 0 Å². The highest BCUT2D eigenvalue weighted by Gasteiger charge is 2.26. The third-order valence-electron chi connectivity index (χ3n) is 4.11. The summed E-state index contributed by atoms with van der Waals surface area (Å²) < 4.78 is 1.66.